The lowest BCUT2D eigenvalue weighted by atomic mass is 9.42. The third-order valence-electron chi connectivity index (χ3n) is 4.45. The fourth-order valence-corrected chi connectivity index (χ4v) is 2.98. The van der Waals surface area contributed by atoms with Crippen LogP contribution in [0.2, 0.25) is 0 Å². The molecule has 0 N–H and O–H groups in total. The average molecular weight is 174 g/mol. The molecular formula is C10H16F2. The van der Waals surface area contributed by atoms with E-state index in [2.05, 4.69) is 0 Å². The van der Waals surface area contributed by atoms with Crippen LogP contribution in [0.3, 0.4) is 0 Å². The van der Waals surface area contributed by atoms with Gasteiger partial charge in [-0.05, 0) is 18.8 Å². The van der Waals surface area contributed by atoms with Crippen molar-refractivity contribution in [3.8, 4) is 0 Å². The average Bonchev–Trinajstić information content (AvgIpc) is 1.97. The Morgan fingerprint density at radius 2 is 1.83 bits per heavy atom. The number of fused-ring (bicyclic) bond motifs is 2. The summed E-state index contributed by atoms with van der Waals surface area (Å²) in [4.78, 5) is 0. The third-order valence-corrected chi connectivity index (χ3v) is 4.45. The fraction of sp³-hybridized carbons (Fsp3) is 1.00. The standard InChI is InChI=1S/C10H16F2/c1-7-4-5-9(11)6-10(7,12)8(9,2)3/h7H,4-6H2,1-3H3. The number of rotatable bonds is 0. The predicted molar refractivity (Wildman–Crippen MR) is 44.5 cm³/mol. The van der Waals surface area contributed by atoms with E-state index in [-0.39, 0.29) is 12.3 Å². The molecule has 3 unspecified atom stereocenters. The number of hydrogen-bond acceptors (Lipinski definition) is 0. The van der Waals surface area contributed by atoms with E-state index in [0.29, 0.717) is 12.8 Å². The molecule has 0 aromatic carbocycles. The van der Waals surface area contributed by atoms with Crippen molar-refractivity contribution in [2.45, 2.75) is 51.4 Å². The first-order valence-electron chi connectivity index (χ1n) is 4.71. The van der Waals surface area contributed by atoms with Crippen LogP contribution in [-0.2, 0) is 0 Å². The van der Waals surface area contributed by atoms with E-state index in [4.69, 9.17) is 0 Å². The van der Waals surface area contributed by atoms with Gasteiger partial charge in [-0.2, -0.15) is 0 Å². The summed E-state index contributed by atoms with van der Waals surface area (Å²) in [6, 6.07) is 0. The second-order valence-electron chi connectivity index (χ2n) is 5.07. The Morgan fingerprint density at radius 3 is 2.25 bits per heavy atom. The van der Waals surface area contributed by atoms with Crippen molar-refractivity contribution in [3.05, 3.63) is 0 Å². The SMILES string of the molecule is CC1CCC2(F)CC1(F)C2(C)C. The van der Waals surface area contributed by atoms with Crippen LogP contribution in [0.25, 0.3) is 0 Å². The van der Waals surface area contributed by atoms with E-state index in [9.17, 15) is 8.78 Å². The Labute approximate surface area is 72.3 Å². The minimum Gasteiger partial charge on any atom is -0.243 e. The molecule has 0 aromatic heterocycles. The van der Waals surface area contributed by atoms with Crippen molar-refractivity contribution in [2.24, 2.45) is 11.3 Å². The van der Waals surface area contributed by atoms with Crippen LogP contribution in [0.15, 0.2) is 0 Å². The van der Waals surface area contributed by atoms with Gasteiger partial charge in [0.05, 0.1) is 0 Å². The summed E-state index contributed by atoms with van der Waals surface area (Å²) in [6.07, 6.45) is 1.39. The molecule has 0 amide bonds. The molecule has 3 aliphatic carbocycles. The zero-order valence-electron chi connectivity index (χ0n) is 7.95. The quantitative estimate of drug-likeness (QED) is 0.528. The molecule has 3 fully saturated rings. The molecule has 0 nitrogen and oxygen atoms in total. The molecular weight excluding hydrogens is 158 g/mol. The van der Waals surface area contributed by atoms with Gasteiger partial charge in [0.15, 0.2) is 0 Å². The lowest BCUT2D eigenvalue weighted by Gasteiger charge is -2.66. The van der Waals surface area contributed by atoms with Crippen molar-refractivity contribution in [1.82, 2.24) is 0 Å². The molecule has 2 bridgehead atoms. The molecule has 3 aliphatic rings. The van der Waals surface area contributed by atoms with Gasteiger partial charge >= 0.3 is 0 Å². The zero-order valence-corrected chi connectivity index (χ0v) is 7.95. The Bertz CT molecular complexity index is 221. The highest BCUT2D eigenvalue weighted by Crippen LogP contribution is 2.69. The van der Waals surface area contributed by atoms with Gasteiger partial charge in [-0.3, -0.25) is 0 Å². The summed E-state index contributed by atoms with van der Waals surface area (Å²) in [7, 11) is 0. The zero-order chi connectivity index (χ0) is 9.20. The Hall–Kier alpha value is -0.140. The molecule has 12 heavy (non-hydrogen) atoms. The van der Waals surface area contributed by atoms with Gasteiger partial charge in [0.1, 0.15) is 11.3 Å². The summed E-state index contributed by atoms with van der Waals surface area (Å²) < 4.78 is 28.0. The summed E-state index contributed by atoms with van der Waals surface area (Å²) in [5.41, 5.74) is -3.20. The van der Waals surface area contributed by atoms with Crippen molar-refractivity contribution in [1.29, 1.82) is 0 Å². The van der Waals surface area contributed by atoms with E-state index < -0.39 is 16.8 Å². The normalized spacial score (nSPS) is 56.2. The first kappa shape index (κ1) is 8.46. The maximum absolute atomic E-state index is 14.1. The third kappa shape index (κ3) is 0.602. The van der Waals surface area contributed by atoms with Crippen molar-refractivity contribution < 1.29 is 8.78 Å². The van der Waals surface area contributed by atoms with Crippen LogP contribution in [0.1, 0.15) is 40.0 Å². The molecule has 0 aliphatic heterocycles. The minimum absolute atomic E-state index is 0.0325. The van der Waals surface area contributed by atoms with E-state index in [1.807, 2.05) is 6.92 Å². The molecule has 3 saturated carbocycles. The lowest BCUT2D eigenvalue weighted by molar-refractivity contribution is -0.270. The molecule has 0 radical (unpaired) electrons. The second kappa shape index (κ2) is 1.85. The molecule has 0 spiro atoms. The molecule has 2 heteroatoms. The maximum atomic E-state index is 14.1. The van der Waals surface area contributed by atoms with E-state index in [0.717, 1.165) is 0 Å². The number of alkyl halides is 2. The van der Waals surface area contributed by atoms with Gasteiger partial charge in [0.2, 0.25) is 0 Å². The van der Waals surface area contributed by atoms with Gasteiger partial charge in [0.25, 0.3) is 0 Å². The number of hydrogen-bond donors (Lipinski definition) is 0. The monoisotopic (exact) mass is 174 g/mol. The van der Waals surface area contributed by atoms with Crippen LogP contribution in [0, 0.1) is 11.3 Å². The Morgan fingerprint density at radius 1 is 1.25 bits per heavy atom. The van der Waals surface area contributed by atoms with Gasteiger partial charge in [0, 0.05) is 11.8 Å². The van der Waals surface area contributed by atoms with Crippen LogP contribution in [0.4, 0.5) is 8.78 Å². The van der Waals surface area contributed by atoms with Gasteiger partial charge in [-0.15, -0.1) is 0 Å². The van der Waals surface area contributed by atoms with Gasteiger partial charge in [-0.25, -0.2) is 8.78 Å². The predicted octanol–water partition coefficient (Wildman–Crippen LogP) is 3.26. The molecule has 3 rings (SSSR count). The molecule has 3 atom stereocenters. The highest BCUT2D eigenvalue weighted by atomic mass is 19.2. The van der Waals surface area contributed by atoms with E-state index >= 15 is 0 Å². The van der Waals surface area contributed by atoms with Gasteiger partial charge in [-0.1, -0.05) is 20.8 Å². The smallest absolute Gasteiger partial charge is 0.124 e. The molecule has 0 heterocycles. The molecule has 70 valence electrons. The van der Waals surface area contributed by atoms with Crippen molar-refractivity contribution in [2.75, 3.05) is 0 Å². The summed E-state index contributed by atoms with van der Waals surface area (Å²) in [5, 5.41) is 0. The first-order valence-corrected chi connectivity index (χ1v) is 4.71. The van der Waals surface area contributed by atoms with E-state index in [1.165, 1.54) is 0 Å². The largest absolute Gasteiger partial charge is 0.243 e. The van der Waals surface area contributed by atoms with E-state index in [1.54, 1.807) is 13.8 Å². The lowest BCUT2D eigenvalue weighted by Crippen LogP contribution is -2.73. The fourth-order valence-electron chi connectivity index (χ4n) is 2.98. The van der Waals surface area contributed by atoms with Crippen molar-refractivity contribution >= 4 is 0 Å². The second-order valence-corrected chi connectivity index (χ2v) is 5.07. The van der Waals surface area contributed by atoms with Crippen LogP contribution >= 0.6 is 0 Å². The number of halogens is 2. The highest BCUT2D eigenvalue weighted by molar-refractivity contribution is 5.23. The summed E-state index contributed by atoms with van der Waals surface area (Å²) >= 11 is 0. The maximum Gasteiger partial charge on any atom is 0.124 e. The molecule has 0 aromatic rings. The topological polar surface area (TPSA) is 0 Å². The first-order chi connectivity index (χ1) is 5.33. The van der Waals surface area contributed by atoms with Crippen LogP contribution in [-0.4, -0.2) is 11.3 Å². The minimum atomic E-state index is -1.24. The van der Waals surface area contributed by atoms with Crippen LogP contribution < -0.4 is 0 Å². The molecule has 0 saturated heterocycles. The van der Waals surface area contributed by atoms with Crippen LogP contribution in [0.5, 0.6) is 0 Å². The van der Waals surface area contributed by atoms with Gasteiger partial charge < -0.3 is 0 Å². The van der Waals surface area contributed by atoms with Crippen molar-refractivity contribution in [3.63, 3.8) is 0 Å². The summed E-state index contributed by atoms with van der Waals surface area (Å²) in [5.74, 6) is 0.0325. The highest BCUT2D eigenvalue weighted by Gasteiger charge is 2.75. The Balaban J connectivity index is 2.36. The summed E-state index contributed by atoms with van der Waals surface area (Å²) in [6.45, 7) is 5.36. The Kier molecular flexibility index (Phi) is 1.31.